The van der Waals surface area contributed by atoms with Crippen molar-refractivity contribution >= 4 is 22.4 Å². The zero-order valence-electron chi connectivity index (χ0n) is 15.9. The average Bonchev–Trinajstić information content (AvgIpc) is 3.20. The van der Waals surface area contributed by atoms with Crippen molar-refractivity contribution in [2.45, 2.75) is 0 Å². The number of amides is 1. The predicted octanol–water partition coefficient (Wildman–Crippen LogP) is 4.10. The predicted molar refractivity (Wildman–Crippen MR) is 108 cm³/mol. The number of benzene rings is 2. The molecule has 3 aromatic rings. The van der Waals surface area contributed by atoms with Gasteiger partial charge in [-0.25, -0.2) is 4.98 Å². The minimum atomic E-state index is -0.324. The fraction of sp³-hybridized carbons (Fsp3) is 0.200. The van der Waals surface area contributed by atoms with Gasteiger partial charge in [0, 0.05) is 16.5 Å². The number of carbonyl (C=O) groups excluding carboxylic acids is 1. The van der Waals surface area contributed by atoms with Crippen molar-refractivity contribution in [2.24, 2.45) is 0 Å². The summed E-state index contributed by atoms with van der Waals surface area (Å²) in [4.78, 5) is 17.1. The zero-order valence-corrected chi connectivity index (χ0v) is 16.8. The van der Waals surface area contributed by atoms with Gasteiger partial charge in [0.15, 0.2) is 16.6 Å². The Morgan fingerprint density at radius 1 is 0.929 bits per heavy atom. The van der Waals surface area contributed by atoms with Crippen LogP contribution in [-0.4, -0.2) is 39.3 Å². The lowest BCUT2D eigenvalue weighted by Gasteiger charge is -2.13. The van der Waals surface area contributed by atoms with Crippen molar-refractivity contribution in [1.29, 1.82) is 0 Å². The SMILES string of the molecule is COc1ccc(-c2csc(NC(=O)c3cc(OC)c(OC)c(OC)c3)n2)cc1. The number of anilines is 1. The number of methoxy groups -OCH3 is 4. The van der Waals surface area contributed by atoms with Gasteiger partial charge in [-0.15, -0.1) is 11.3 Å². The molecule has 1 heterocycles. The first kappa shape index (κ1) is 19.5. The maximum atomic E-state index is 12.7. The molecule has 0 spiro atoms. The summed E-state index contributed by atoms with van der Waals surface area (Å²) in [5.74, 6) is 1.69. The first-order valence-corrected chi connectivity index (χ1v) is 9.19. The molecule has 1 amide bonds. The van der Waals surface area contributed by atoms with Crippen LogP contribution in [0.4, 0.5) is 5.13 Å². The van der Waals surface area contributed by atoms with Crippen LogP contribution in [0.5, 0.6) is 23.0 Å². The van der Waals surface area contributed by atoms with Crippen LogP contribution in [0.3, 0.4) is 0 Å². The van der Waals surface area contributed by atoms with E-state index in [1.165, 1.54) is 32.7 Å². The normalized spacial score (nSPS) is 10.3. The van der Waals surface area contributed by atoms with Crippen LogP contribution in [0.1, 0.15) is 10.4 Å². The van der Waals surface area contributed by atoms with E-state index in [0.717, 1.165) is 17.0 Å². The summed E-state index contributed by atoms with van der Waals surface area (Å²) in [7, 11) is 6.13. The number of nitrogens with one attached hydrogen (secondary N) is 1. The largest absolute Gasteiger partial charge is 0.497 e. The molecule has 1 N–H and O–H groups in total. The standard InChI is InChI=1S/C20H20N2O5S/c1-24-14-7-5-12(6-8-14)15-11-28-20(21-15)22-19(23)13-9-16(25-2)18(27-4)17(10-13)26-3/h5-11H,1-4H3,(H,21,22,23). The van der Waals surface area contributed by atoms with Gasteiger partial charge in [0.05, 0.1) is 34.1 Å². The van der Waals surface area contributed by atoms with E-state index < -0.39 is 0 Å². The molecule has 0 bridgehead atoms. The Balaban J connectivity index is 1.81. The van der Waals surface area contributed by atoms with E-state index >= 15 is 0 Å². The molecular formula is C20H20N2O5S. The molecule has 0 aliphatic carbocycles. The van der Waals surface area contributed by atoms with Crippen LogP contribution in [0, 0.1) is 0 Å². The van der Waals surface area contributed by atoms with Crippen molar-refractivity contribution in [1.82, 2.24) is 4.98 Å². The van der Waals surface area contributed by atoms with E-state index in [0.29, 0.717) is 27.9 Å². The Kier molecular flexibility index (Phi) is 6.00. The Morgan fingerprint density at radius 3 is 2.11 bits per heavy atom. The second-order valence-electron chi connectivity index (χ2n) is 5.63. The summed E-state index contributed by atoms with van der Waals surface area (Å²) in [6.45, 7) is 0. The first-order chi connectivity index (χ1) is 13.6. The molecule has 3 rings (SSSR count). The topological polar surface area (TPSA) is 78.9 Å². The molecule has 0 saturated carbocycles. The van der Waals surface area contributed by atoms with E-state index in [1.807, 2.05) is 29.6 Å². The lowest BCUT2D eigenvalue weighted by molar-refractivity contribution is 0.102. The lowest BCUT2D eigenvalue weighted by Crippen LogP contribution is -2.12. The highest BCUT2D eigenvalue weighted by molar-refractivity contribution is 7.14. The number of hydrogen-bond acceptors (Lipinski definition) is 7. The monoisotopic (exact) mass is 400 g/mol. The molecule has 28 heavy (non-hydrogen) atoms. The van der Waals surface area contributed by atoms with Gasteiger partial charge in [-0.1, -0.05) is 0 Å². The molecule has 0 fully saturated rings. The van der Waals surface area contributed by atoms with Crippen LogP contribution in [0.2, 0.25) is 0 Å². The summed E-state index contributed by atoms with van der Waals surface area (Å²) < 4.78 is 21.0. The third kappa shape index (κ3) is 4.01. The number of aromatic nitrogens is 1. The molecule has 0 saturated heterocycles. The Labute approximate surface area is 166 Å². The van der Waals surface area contributed by atoms with Crippen LogP contribution in [-0.2, 0) is 0 Å². The van der Waals surface area contributed by atoms with E-state index in [-0.39, 0.29) is 5.91 Å². The van der Waals surface area contributed by atoms with Crippen molar-refractivity contribution in [3.05, 3.63) is 47.3 Å². The van der Waals surface area contributed by atoms with Crippen LogP contribution >= 0.6 is 11.3 Å². The third-order valence-corrected chi connectivity index (χ3v) is 4.80. The summed E-state index contributed by atoms with van der Waals surface area (Å²) in [6.07, 6.45) is 0. The Bertz CT molecular complexity index is 944. The van der Waals surface area contributed by atoms with E-state index in [9.17, 15) is 4.79 Å². The second kappa shape index (κ2) is 8.62. The second-order valence-corrected chi connectivity index (χ2v) is 6.49. The number of hydrogen-bond donors (Lipinski definition) is 1. The average molecular weight is 400 g/mol. The van der Waals surface area contributed by atoms with Gasteiger partial charge in [0.2, 0.25) is 5.75 Å². The van der Waals surface area contributed by atoms with Crippen molar-refractivity contribution in [3.8, 4) is 34.3 Å². The van der Waals surface area contributed by atoms with E-state index in [4.69, 9.17) is 18.9 Å². The van der Waals surface area contributed by atoms with Gasteiger partial charge in [-0.2, -0.15) is 0 Å². The lowest BCUT2D eigenvalue weighted by atomic mass is 10.1. The molecule has 0 radical (unpaired) electrons. The molecule has 1 aromatic heterocycles. The maximum absolute atomic E-state index is 12.7. The zero-order chi connectivity index (χ0) is 20.1. The summed E-state index contributed by atoms with van der Waals surface area (Å²) >= 11 is 1.34. The highest BCUT2D eigenvalue weighted by Crippen LogP contribution is 2.38. The smallest absolute Gasteiger partial charge is 0.257 e. The van der Waals surface area contributed by atoms with Crippen LogP contribution < -0.4 is 24.3 Å². The van der Waals surface area contributed by atoms with Gasteiger partial charge in [0.1, 0.15) is 5.75 Å². The van der Waals surface area contributed by atoms with Gasteiger partial charge >= 0.3 is 0 Å². The van der Waals surface area contributed by atoms with Crippen molar-refractivity contribution < 1.29 is 23.7 Å². The Morgan fingerprint density at radius 2 is 1.57 bits per heavy atom. The number of ether oxygens (including phenoxy) is 4. The molecule has 8 heteroatoms. The van der Waals surface area contributed by atoms with Crippen LogP contribution in [0.25, 0.3) is 11.3 Å². The van der Waals surface area contributed by atoms with Gasteiger partial charge in [0.25, 0.3) is 5.91 Å². The number of thiazole rings is 1. The summed E-state index contributed by atoms with van der Waals surface area (Å²) in [6, 6.07) is 10.7. The highest BCUT2D eigenvalue weighted by Gasteiger charge is 2.18. The Hall–Kier alpha value is -3.26. The fourth-order valence-electron chi connectivity index (χ4n) is 2.61. The molecule has 0 aliphatic heterocycles. The molecular weight excluding hydrogens is 380 g/mol. The molecule has 0 aliphatic rings. The number of nitrogens with zero attached hydrogens (tertiary/aromatic N) is 1. The molecule has 7 nitrogen and oxygen atoms in total. The minimum Gasteiger partial charge on any atom is -0.497 e. The van der Waals surface area contributed by atoms with Crippen molar-refractivity contribution in [2.75, 3.05) is 33.8 Å². The fourth-order valence-corrected chi connectivity index (χ4v) is 3.32. The highest BCUT2D eigenvalue weighted by atomic mass is 32.1. The van der Waals surface area contributed by atoms with E-state index in [2.05, 4.69) is 10.3 Å². The van der Waals surface area contributed by atoms with Gasteiger partial charge < -0.3 is 18.9 Å². The molecule has 2 aromatic carbocycles. The van der Waals surface area contributed by atoms with Gasteiger partial charge in [-0.05, 0) is 36.4 Å². The number of rotatable bonds is 7. The first-order valence-electron chi connectivity index (χ1n) is 8.31. The quantitative estimate of drug-likeness (QED) is 0.643. The van der Waals surface area contributed by atoms with E-state index in [1.54, 1.807) is 19.2 Å². The minimum absolute atomic E-state index is 0.324. The maximum Gasteiger partial charge on any atom is 0.257 e. The summed E-state index contributed by atoms with van der Waals surface area (Å²) in [5.41, 5.74) is 2.08. The number of carbonyl (C=O) groups is 1. The molecule has 0 atom stereocenters. The van der Waals surface area contributed by atoms with Crippen LogP contribution in [0.15, 0.2) is 41.8 Å². The summed E-state index contributed by atoms with van der Waals surface area (Å²) in [5, 5.41) is 5.17. The molecule has 0 unspecified atom stereocenters. The third-order valence-electron chi connectivity index (χ3n) is 4.04. The van der Waals surface area contributed by atoms with Gasteiger partial charge in [-0.3, -0.25) is 10.1 Å². The van der Waals surface area contributed by atoms with Crippen molar-refractivity contribution in [3.63, 3.8) is 0 Å². The molecule has 146 valence electrons.